The van der Waals surface area contributed by atoms with Gasteiger partial charge in [-0.05, 0) is 18.2 Å². The lowest BCUT2D eigenvalue weighted by Crippen LogP contribution is -2.58. The maximum absolute atomic E-state index is 13.1. The molecule has 0 radical (unpaired) electrons. The standard InChI is InChI=1S/C15H10F10N4OS/c16-14(17)6-28(7-14)12(30)1-2-29-8-26-13(27-29)9-3-10(15(18,19)20)5-11(4-9)31(21,22,23,24)25/h1-5,8H,6-7H2/b2-1-. The first-order valence-corrected chi connectivity index (χ1v) is 9.91. The van der Waals surface area contributed by atoms with E-state index in [1.165, 1.54) is 0 Å². The zero-order chi connectivity index (χ0) is 23.5. The molecule has 1 aliphatic rings. The highest BCUT2D eigenvalue weighted by atomic mass is 32.5. The van der Waals surface area contributed by atoms with Gasteiger partial charge in [-0.1, -0.05) is 19.4 Å². The Kier molecular flexibility index (Phi) is 4.53. The topological polar surface area (TPSA) is 51.0 Å². The molecule has 1 amide bonds. The normalized spacial score (nSPS) is 19.1. The second-order valence-electron chi connectivity index (χ2n) is 6.63. The summed E-state index contributed by atoms with van der Waals surface area (Å²) in [5, 5.41) is 3.51. The van der Waals surface area contributed by atoms with Crippen molar-refractivity contribution < 1.29 is 46.2 Å². The first-order valence-electron chi connectivity index (χ1n) is 7.96. The Labute approximate surface area is 166 Å². The maximum Gasteiger partial charge on any atom is 0.416 e. The van der Waals surface area contributed by atoms with Crippen LogP contribution in [0.4, 0.5) is 41.4 Å². The molecule has 1 saturated heterocycles. The van der Waals surface area contributed by atoms with Crippen LogP contribution in [0.1, 0.15) is 5.56 Å². The summed E-state index contributed by atoms with van der Waals surface area (Å²) >= 11 is 0. The molecule has 3 rings (SSSR count). The predicted molar refractivity (Wildman–Crippen MR) is 88.7 cm³/mol. The zero-order valence-corrected chi connectivity index (χ0v) is 15.6. The van der Waals surface area contributed by atoms with Crippen LogP contribution in [0, 0.1) is 0 Å². The Balaban J connectivity index is 1.93. The highest BCUT2D eigenvalue weighted by molar-refractivity contribution is 8.45. The number of hydrogen-bond donors (Lipinski definition) is 0. The first-order chi connectivity index (χ1) is 13.7. The van der Waals surface area contributed by atoms with Crippen molar-refractivity contribution in [1.29, 1.82) is 0 Å². The number of rotatable bonds is 4. The van der Waals surface area contributed by atoms with Crippen molar-refractivity contribution in [3.63, 3.8) is 0 Å². The molecular weight excluding hydrogens is 474 g/mol. The predicted octanol–water partition coefficient (Wildman–Crippen LogP) is 5.57. The minimum absolute atomic E-state index is 0.156. The second kappa shape index (κ2) is 6.14. The van der Waals surface area contributed by atoms with E-state index in [1.807, 2.05) is 0 Å². The van der Waals surface area contributed by atoms with Crippen LogP contribution < -0.4 is 0 Å². The summed E-state index contributed by atoms with van der Waals surface area (Å²) in [6.45, 7) is -1.64. The molecule has 2 aromatic rings. The lowest BCUT2D eigenvalue weighted by atomic mass is 10.1. The number of nitrogens with zero attached hydrogens (tertiary/aromatic N) is 4. The molecule has 0 saturated carbocycles. The molecule has 0 N–H and O–H groups in total. The summed E-state index contributed by atoms with van der Waals surface area (Å²) in [5.41, 5.74) is -2.99. The summed E-state index contributed by atoms with van der Waals surface area (Å²) in [4.78, 5) is 13.1. The molecule has 16 heteroatoms. The van der Waals surface area contributed by atoms with E-state index < -0.39 is 69.2 Å². The minimum Gasteiger partial charge on any atom is -0.327 e. The number of likely N-dealkylation sites (tertiary alicyclic amines) is 1. The van der Waals surface area contributed by atoms with Crippen LogP contribution in [0.3, 0.4) is 0 Å². The SMILES string of the molecule is O=C(/C=C\n1cnc(-c2cc(C(F)(F)F)cc(S(F)(F)(F)(F)F)c2)n1)N1CC(F)(F)C1. The number of aromatic nitrogens is 3. The Morgan fingerprint density at radius 3 is 2.19 bits per heavy atom. The quantitative estimate of drug-likeness (QED) is 0.421. The van der Waals surface area contributed by atoms with Crippen LogP contribution >= 0.6 is 10.2 Å². The Bertz CT molecular complexity index is 1070. The smallest absolute Gasteiger partial charge is 0.327 e. The van der Waals surface area contributed by atoms with Crippen LogP contribution in [0.2, 0.25) is 0 Å². The van der Waals surface area contributed by atoms with Crippen molar-refractivity contribution in [3.8, 4) is 11.4 Å². The molecule has 1 aromatic carbocycles. The van der Waals surface area contributed by atoms with Gasteiger partial charge < -0.3 is 4.90 Å². The third-order valence-corrected chi connectivity index (χ3v) is 5.10. The Morgan fingerprint density at radius 1 is 1.06 bits per heavy atom. The summed E-state index contributed by atoms with van der Waals surface area (Å²) in [7, 11) is -10.5. The molecule has 0 spiro atoms. The largest absolute Gasteiger partial charge is 0.416 e. The van der Waals surface area contributed by atoms with E-state index in [9.17, 15) is 46.2 Å². The van der Waals surface area contributed by atoms with Gasteiger partial charge >= 0.3 is 16.4 Å². The average Bonchev–Trinajstić information content (AvgIpc) is 3.03. The van der Waals surface area contributed by atoms with Crippen LogP contribution in [-0.4, -0.2) is 44.6 Å². The van der Waals surface area contributed by atoms with Gasteiger partial charge in [-0.2, -0.15) is 13.2 Å². The monoisotopic (exact) mass is 484 g/mol. The van der Waals surface area contributed by atoms with Gasteiger partial charge in [0.2, 0.25) is 5.91 Å². The molecule has 1 fully saturated rings. The average molecular weight is 484 g/mol. The molecule has 2 heterocycles. The van der Waals surface area contributed by atoms with Crippen LogP contribution in [0.5, 0.6) is 0 Å². The van der Waals surface area contributed by atoms with Crippen molar-refractivity contribution in [2.45, 2.75) is 17.0 Å². The number of amides is 1. The van der Waals surface area contributed by atoms with E-state index in [0.29, 0.717) is 4.68 Å². The zero-order valence-electron chi connectivity index (χ0n) is 14.8. The molecule has 0 atom stereocenters. The van der Waals surface area contributed by atoms with Crippen molar-refractivity contribution in [3.05, 3.63) is 36.2 Å². The third-order valence-electron chi connectivity index (χ3n) is 3.97. The molecule has 172 valence electrons. The fourth-order valence-electron chi connectivity index (χ4n) is 2.51. The second-order valence-corrected chi connectivity index (χ2v) is 9.04. The maximum atomic E-state index is 13.1. The van der Waals surface area contributed by atoms with E-state index in [4.69, 9.17) is 0 Å². The Hall–Kier alpha value is -2.78. The van der Waals surface area contributed by atoms with Gasteiger partial charge in [0.1, 0.15) is 11.2 Å². The molecule has 1 aromatic heterocycles. The van der Waals surface area contributed by atoms with Crippen LogP contribution in [0.25, 0.3) is 17.6 Å². The van der Waals surface area contributed by atoms with E-state index in [1.54, 1.807) is 0 Å². The number of carbonyl (C=O) groups excluding carboxylic acids is 1. The van der Waals surface area contributed by atoms with Crippen LogP contribution in [-0.2, 0) is 11.0 Å². The van der Waals surface area contributed by atoms with E-state index in [-0.39, 0.29) is 12.1 Å². The van der Waals surface area contributed by atoms with Gasteiger partial charge in [0.25, 0.3) is 5.92 Å². The fourth-order valence-corrected chi connectivity index (χ4v) is 3.21. The van der Waals surface area contributed by atoms with Gasteiger partial charge in [-0.25, -0.2) is 18.4 Å². The number of alkyl halides is 5. The molecule has 5 nitrogen and oxygen atoms in total. The minimum atomic E-state index is -10.5. The van der Waals surface area contributed by atoms with Crippen molar-refractivity contribution in [2.24, 2.45) is 0 Å². The molecule has 0 bridgehead atoms. The van der Waals surface area contributed by atoms with Gasteiger partial charge in [0, 0.05) is 17.8 Å². The van der Waals surface area contributed by atoms with Crippen molar-refractivity contribution in [1.82, 2.24) is 19.7 Å². The molecule has 0 unspecified atom stereocenters. The molecule has 31 heavy (non-hydrogen) atoms. The summed E-state index contributed by atoms with van der Waals surface area (Å²) < 4.78 is 130. The number of benzene rings is 1. The van der Waals surface area contributed by atoms with E-state index in [2.05, 4.69) is 10.1 Å². The van der Waals surface area contributed by atoms with E-state index >= 15 is 0 Å². The summed E-state index contributed by atoms with van der Waals surface area (Å²) in [6, 6.07) is -0.763. The van der Waals surface area contributed by atoms with Gasteiger partial charge in [0.15, 0.2) is 5.82 Å². The summed E-state index contributed by atoms with van der Waals surface area (Å²) in [6.07, 6.45) is -2.99. The third kappa shape index (κ3) is 5.29. The highest BCUT2D eigenvalue weighted by Crippen LogP contribution is 3.02. The number of carbonyl (C=O) groups is 1. The lowest BCUT2D eigenvalue weighted by Gasteiger charge is -2.40. The van der Waals surface area contributed by atoms with Gasteiger partial charge in [-0.15, -0.1) is 5.10 Å². The van der Waals surface area contributed by atoms with Gasteiger partial charge in [-0.3, -0.25) is 4.79 Å². The van der Waals surface area contributed by atoms with E-state index in [0.717, 1.165) is 23.5 Å². The van der Waals surface area contributed by atoms with Crippen molar-refractivity contribution in [2.75, 3.05) is 13.1 Å². The summed E-state index contributed by atoms with van der Waals surface area (Å²) in [5.74, 6) is -4.65. The molecular formula is C15H10F10N4OS. The highest BCUT2D eigenvalue weighted by Gasteiger charge is 2.66. The lowest BCUT2D eigenvalue weighted by molar-refractivity contribution is -0.160. The van der Waals surface area contributed by atoms with Crippen LogP contribution in [0.15, 0.2) is 35.5 Å². The number of hydrogen-bond acceptors (Lipinski definition) is 3. The van der Waals surface area contributed by atoms with Gasteiger partial charge in [0.05, 0.1) is 18.7 Å². The fraction of sp³-hybridized carbons (Fsp3) is 0.267. The number of halogens is 10. The first kappa shape index (κ1) is 22.9. The molecule has 1 aliphatic heterocycles. The molecule has 0 aliphatic carbocycles. The van der Waals surface area contributed by atoms with Crippen molar-refractivity contribution >= 4 is 22.3 Å². The Morgan fingerprint density at radius 2 is 1.68 bits per heavy atom.